The van der Waals surface area contributed by atoms with Gasteiger partial charge < -0.3 is 10.5 Å². The van der Waals surface area contributed by atoms with Crippen molar-refractivity contribution >= 4 is 34.0 Å². The van der Waals surface area contributed by atoms with Crippen molar-refractivity contribution in [2.45, 2.75) is 0 Å². The molecule has 0 unspecified atom stereocenters. The lowest BCUT2D eigenvalue weighted by Gasteiger charge is -2.04. The lowest BCUT2D eigenvalue weighted by Crippen LogP contribution is -1.92. The molecular formula is C7H8BrClFNO. The maximum Gasteiger partial charge on any atom is 0.147 e. The summed E-state index contributed by atoms with van der Waals surface area (Å²) in [6.07, 6.45) is 0. The van der Waals surface area contributed by atoms with E-state index in [2.05, 4.69) is 15.9 Å². The Morgan fingerprint density at radius 2 is 2.08 bits per heavy atom. The molecule has 1 rings (SSSR count). The number of halogens is 3. The number of benzene rings is 1. The normalized spacial score (nSPS) is 8.92. The molecule has 1 aromatic rings. The van der Waals surface area contributed by atoms with Gasteiger partial charge in [0, 0.05) is 6.07 Å². The van der Waals surface area contributed by atoms with Crippen LogP contribution in [-0.4, -0.2) is 7.11 Å². The van der Waals surface area contributed by atoms with E-state index in [1.54, 1.807) is 0 Å². The Morgan fingerprint density at radius 3 is 2.58 bits per heavy atom. The second kappa shape index (κ2) is 4.52. The van der Waals surface area contributed by atoms with Crippen LogP contribution in [0.5, 0.6) is 5.75 Å². The molecule has 5 heteroatoms. The maximum atomic E-state index is 12.7. The maximum absolute atomic E-state index is 12.7. The Morgan fingerprint density at radius 1 is 1.50 bits per heavy atom. The van der Waals surface area contributed by atoms with Gasteiger partial charge in [0.05, 0.1) is 17.3 Å². The second-order valence-electron chi connectivity index (χ2n) is 2.01. The van der Waals surface area contributed by atoms with Crippen LogP contribution < -0.4 is 10.5 Å². The average molecular weight is 257 g/mol. The molecule has 0 amide bonds. The fraction of sp³-hybridized carbons (Fsp3) is 0.143. The Kier molecular flexibility index (Phi) is 4.34. The first-order valence-corrected chi connectivity index (χ1v) is 3.73. The molecule has 0 aliphatic rings. The molecular weight excluding hydrogens is 248 g/mol. The summed E-state index contributed by atoms with van der Waals surface area (Å²) in [6.45, 7) is 0. The number of hydrogen-bond acceptors (Lipinski definition) is 2. The first-order chi connectivity index (χ1) is 5.15. The molecule has 2 nitrogen and oxygen atoms in total. The SMILES string of the molecule is COc1cc(N)c(F)cc1Br.Cl. The van der Waals surface area contributed by atoms with Gasteiger partial charge in [-0.1, -0.05) is 0 Å². The Bertz CT molecular complexity index is 282. The summed E-state index contributed by atoms with van der Waals surface area (Å²) in [5.74, 6) is 0.0848. The first-order valence-electron chi connectivity index (χ1n) is 2.93. The summed E-state index contributed by atoms with van der Waals surface area (Å²) in [5, 5.41) is 0. The van der Waals surface area contributed by atoms with Crippen molar-refractivity contribution in [3.8, 4) is 5.75 Å². The summed E-state index contributed by atoms with van der Waals surface area (Å²) in [6, 6.07) is 2.70. The van der Waals surface area contributed by atoms with E-state index in [1.165, 1.54) is 19.2 Å². The molecule has 0 aliphatic heterocycles. The summed E-state index contributed by atoms with van der Waals surface area (Å²) in [4.78, 5) is 0. The summed E-state index contributed by atoms with van der Waals surface area (Å²) < 4.78 is 18.1. The number of nitrogens with two attached hydrogens (primary N) is 1. The van der Waals surface area contributed by atoms with E-state index in [0.717, 1.165) is 0 Å². The average Bonchev–Trinajstić information content (AvgIpc) is 1.97. The van der Waals surface area contributed by atoms with E-state index in [0.29, 0.717) is 10.2 Å². The molecule has 0 saturated carbocycles. The fourth-order valence-corrected chi connectivity index (χ4v) is 1.18. The van der Waals surface area contributed by atoms with Gasteiger partial charge in [0.25, 0.3) is 0 Å². The third kappa shape index (κ3) is 2.25. The minimum absolute atomic E-state index is 0. The number of methoxy groups -OCH3 is 1. The van der Waals surface area contributed by atoms with Crippen molar-refractivity contribution in [2.24, 2.45) is 0 Å². The molecule has 0 fully saturated rings. The fourth-order valence-electron chi connectivity index (χ4n) is 0.701. The van der Waals surface area contributed by atoms with E-state index in [4.69, 9.17) is 10.5 Å². The summed E-state index contributed by atoms with van der Waals surface area (Å²) >= 11 is 3.12. The van der Waals surface area contributed by atoms with E-state index < -0.39 is 5.82 Å². The zero-order chi connectivity index (χ0) is 8.43. The number of ether oxygens (including phenoxy) is 1. The zero-order valence-corrected chi connectivity index (χ0v) is 8.71. The van der Waals surface area contributed by atoms with Gasteiger partial charge in [-0.05, 0) is 22.0 Å². The lowest BCUT2D eigenvalue weighted by atomic mass is 10.3. The van der Waals surface area contributed by atoms with E-state index in [-0.39, 0.29) is 18.1 Å². The van der Waals surface area contributed by atoms with Crippen molar-refractivity contribution in [3.05, 3.63) is 22.4 Å². The molecule has 0 heterocycles. The van der Waals surface area contributed by atoms with Gasteiger partial charge >= 0.3 is 0 Å². The molecule has 12 heavy (non-hydrogen) atoms. The van der Waals surface area contributed by atoms with Crippen molar-refractivity contribution in [1.82, 2.24) is 0 Å². The third-order valence-corrected chi connectivity index (χ3v) is 1.89. The summed E-state index contributed by atoms with van der Waals surface area (Å²) in [7, 11) is 1.50. The predicted molar refractivity (Wildman–Crippen MR) is 52.3 cm³/mol. The van der Waals surface area contributed by atoms with Crippen molar-refractivity contribution in [1.29, 1.82) is 0 Å². The van der Waals surface area contributed by atoms with Gasteiger partial charge in [-0.2, -0.15) is 0 Å². The highest BCUT2D eigenvalue weighted by Crippen LogP contribution is 2.28. The van der Waals surface area contributed by atoms with Crippen molar-refractivity contribution in [2.75, 3.05) is 12.8 Å². The highest BCUT2D eigenvalue weighted by Gasteiger charge is 2.04. The van der Waals surface area contributed by atoms with Crippen LogP contribution in [0.2, 0.25) is 0 Å². The van der Waals surface area contributed by atoms with Crippen LogP contribution in [0.4, 0.5) is 10.1 Å². The van der Waals surface area contributed by atoms with Crippen molar-refractivity contribution < 1.29 is 9.13 Å². The highest BCUT2D eigenvalue weighted by molar-refractivity contribution is 9.10. The monoisotopic (exact) mass is 255 g/mol. The Labute approximate surface area is 84.4 Å². The van der Waals surface area contributed by atoms with Gasteiger partial charge in [0.2, 0.25) is 0 Å². The molecule has 0 saturated heterocycles. The second-order valence-corrected chi connectivity index (χ2v) is 2.86. The van der Waals surface area contributed by atoms with Crippen LogP contribution in [0.15, 0.2) is 16.6 Å². The molecule has 2 N–H and O–H groups in total. The first kappa shape index (κ1) is 11.5. The van der Waals surface area contributed by atoms with Crippen LogP contribution in [0.3, 0.4) is 0 Å². The van der Waals surface area contributed by atoms with Crippen LogP contribution in [0.25, 0.3) is 0 Å². The quantitative estimate of drug-likeness (QED) is 0.784. The third-order valence-electron chi connectivity index (χ3n) is 1.27. The molecule has 0 bridgehead atoms. The molecule has 68 valence electrons. The number of hydrogen-bond donors (Lipinski definition) is 1. The minimum Gasteiger partial charge on any atom is -0.495 e. The standard InChI is InChI=1S/C7H7BrFNO.ClH/c1-11-7-3-6(10)5(9)2-4(7)8;/h2-3H,10H2,1H3;1H. The van der Waals surface area contributed by atoms with Gasteiger partial charge in [-0.25, -0.2) is 4.39 Å². The van der Waals surface area contributed by atoms with Crippen LogP contribution in [0, 0.1) is 5.82 Å². The molecule has 1 aromatic carbocycles. The molecule has 0 spiro atoms. The highest BCUT2D eigenvalue weighted by atomic mass is 79.9. The molecule has 0 atom stereocenters. The van der Waals surface area contributed by atoms with Gasteiger partial charge in [-0.15, -0.1) is 12.4 Å². The van der Waals surface area contributed by atoms with Crippen molar-refractivity contribution in [3.63, 3.8) is 0 Å². The summed E-state index contributed by atoms with van der Waals surface area (Å²) in [5.41, 5.74) is 5.38. The topological polar surface area (TPSA) is 35.2 Å². The van der Waals surface area contributed by atoms with Gasteiger partial charge in [0.15, 0.2) is 0 Å². The largest absolute Gasteiger partial charge is 0.495 e. The number of nitrogen functional groups attached to an aromatic ring is 1. The van der Waals surface area contributed by atoms with E-state index in [9.17, 15) is 4.39 Å². The molecule has 0 aromatic heterocycles. The van der Waals surface area contributed by atoms with Gasteiger partial charge in [0.1, 0.15) is 11.6 Å². The predicted octanol–water partition coefficient (Wildman–Crippen LogP) is 2.60. The smallest absolute Gasteiger partial charge is 0.147 e. The van der Waals surface area contributed by atoms with E-state index >= 15 is 0 Å². The van der Waals surface area contributed by atoms with Crippen LogP contribution in [-0.2, 0) is 0 Å². The minimum atomic E-state index is -0.447. The van der Waals surface area contributed by atoms with Gasteiger partial charge in [-0.3, -0.25) is 0 Å². The Balaban J connectivity index is 0.00000121. The zero-order valence-electron chi connectivity index (χ0n) is 6.30. The Hall–Kier alpha value is -0.480. The number of rotatable bonds is 1. The number of anilines is 1. The molecule has 0 aliphatic carbocycles. The van der Waals surface area contributed by atoms with Crippen LogP contribution in [0.1, 0.15) is 0 Å². The van der Waals surface area contributed by atoms with E-state index in [1.807, 2.05) is 0 Å². The lowest BCUT2D eigenvalue weighted by molar-refractivity contribution is 0.411. The molecule has 0 radical (unpaired) electrons. The van der Waals surface area contributed by atoms with Crippen LogP contribution >= 0.6 is 28.3 Å².